The lowest BCUT2D eigenvalue weighted by atomic mass is 10.2. The van der Waals surface area contributed by atoms with Gasteiger partial charge in [-0.05, 0) is 12.8 Å². The highest BCUT2D eigenvalue weighted by atomic mass is 16.5. The number of carbonyl (C=O) groups is 1. The highest BCUT2D eigenvalue weighted by molar-refractivity contribution is 5.69. The summed E-state index contributed by atoms with van der Waals surface area (Å²) in [7, 11) is 0. The molecule has 0 unspecified atom stereocenters. The molecular formula is C18H38O2. The minimum atomic E-state index is -0.0186. The molecule has 0 fully saturated rings. The van der Waals surface area contributed by atoms with Crippen LogP contribution in [0.3, 0.4) is 0 Å². The first-order valence-electron chi connectivity index (χ1n) is 8.88. The number of ether oxygens (including phenoxy) is 1. The molecule has 0 aliphatic carbocycles. The lowest BCUT2D eigenvalue weighted by Crippen LogP contribution is -2.05. The van der Waals surface area contributed by atoms with Gasteiger partial charge in [0.1, 0.15) is 0 Å². The zero-order chi connectivity index (χ0) is 15.5. The molecule has 0 bridgehead atoms. The number of unbranched alkanes of at least 4 members (excludes halogenated alkanes) is 8. The van der Waals surface area contributed by atoms with Crippen molar-refractivity contribution in [2.45, 2.75) is 105 Å². The van der Waals surface area contributed by atoms with Gasteiger partial charge in [-0.1, -0.05) is 85.5 Å². The molecule has 0 N–H and O–H groups in total. The maximum absolute atomic E-state index is 11.1. The monoisotopic (exact) mass is 286 g/mol. The van der Waals surface area contributed by atoms with Crippen LogP contribution in [0.25, 0.3) is 0 Å². The van der Waals surface area contributed by atoms with E-state index in [1.807, 2.05) is 0 Å². The van der Waals surface area contributed by atoms with Crippen LogP contribution < -0.4 is 0 Å². The lowest BCUT2D eigenvalue weighted by Gasteiger charge is -2.03. The van der Waals surface area contributed by atoms with E-state index in [2.05, 4.69) is 27.7 Å². The molecule has 0 radical (unpaired) electrons. The van der Waals surface area contributed by atoms with Gasteiger partial charge in [-0.25, -0.2) is 0 Å². The van der Waals surface area contributed by atoms with Crippen molar-refractivity contribution in [2.75, 3.05) is 6.61 Å². The number of esters is 1. The molecule has 0 aliphatic heterocycles. The fraction of sp³-hybridized carbons (Fsp3) is 0.944. The predicted octanol–water partition coefficient (Wildman–Crippen LogP) is 6.28. The van der Waals surface area contributed by atoms with Crippen molar-refractivity contribution in [1.29, 1.82) is 0 Å². The molecule has 0 saturated carbocycles. The zero-order valence-corrected chi connectivity index (χ0v) is 14.5. The zero-order valence-electron chi connectivity index (χ0n) is 14.5. The molecular weight excluding hydrogens is 248 g/mol. The SMILES string of the molecule is CCCCCC.CCCCCCOC(=O)CCCCC. The van der Waals surface area contributed by atoms with Gasteiger partial charge in [0, 0.05) is 6.42 Å². The van der Waals surface area contributed by atoms with E-state index in [9.17, 15) is 4.79 Å². The van der Waals surface area contributed by atoms with Gasteiger partial charge in [0.05, 0.1) is 6.61 Å². The van der Waals surface area contributed by atoms with Crippen LogP contribution >= 0.6 is 0 Å². The summed E-state index contributed by atoms with van der Waals surface area (Å²) in [5.74, 6) is -0.0186. The Labute approximate surface area is 127 Å². The Bertz CT molecular complexity index is 174. The molecule has 0 aromatic rings. The molecule has 2 nitrogen and oxygen atoms in total. The minimum Gasteiger partial charge on any atom is -0.466 e. The maximum atomic E-state index is 11.1. The van der Waals surface area contributed by atoms with E-state index >= 15 is 0 Å². The second-order valence-electron chi connectivity index (χ2n) is 5.45. The van der Waals surface area contributed by atoms with Gasteiger partial charge in [-0.15, -0.1) is 0 Å². The Balaban J connectivity index is 0. The fourth-order valence-corrected chi connectivity index (χ4v) is 1.81. The molecule has 0 heterocycles. The van der Waals surface area contributed by atoms with Crippen LogP contribution in [-0.4, -0.2) is 12.6 Å². The Hall–Kier alpha value is -0.530. The van der Waals surface area contributed by atoms with E-state index in [0.29, 0.717) is 13.0 Å². The van der Waals surface area contributed by atoms with Gasteiger partial charge >= 0.3 is 5.97 Å². The number of hydrogen-bond acceptors (Lipinski definition) is 2. The van der Waals surface area contributed by atoms with Crippen molar-refractivity contribution in [1.82, 2.24) is 0 Å². The van der Waals surface area contributed by atoms with Crippen molar-refractivity contribution >= 4 is 5.97 Å². The summed E-state index contributed by atoms with van der Waals surface area (Å²) in [6.45, 7) is 9.39. The molecule has 0 rings (SSSR count). The topological polar surface area (TPSA) is 26.3 Å². The number of rotatable bonds is 12. The van der Waals surface area contributed by atoms with Crippen molar-refractivity contribution in [3.05, 3.63) is 0 Å². The quantitative estimate of drug-likeness (QED) is 0.312. The Morgan fingerprint density at radius 3 is 1.60 bits per heavy atom. The third-order valence-corrected chi connectivity index (χ3v) is 3.20. The summed E-state index contributed by atoms with van der Waals surface area (Å²) in [6, 6.07) is 0. The molecule has 0 aromatic carbocycles. The predicted molar refractivity (Wildman–Crippen MR) is 89.1 cm³/mol. The molecule has 2 heteroatoms. The third-order valence-electron chi connectivity index (χ3n) is 3.20. The van der Waals surface area contributed by atoms with Gasteiger partial charge in [-0.2, -0.15) is 0 Å². The smallest absolute Gasteiger partial charge is 0.305 e. The van der Waals surface area contributed by atoms with Crippen LogP contribution in [0.4, 0.5) is 0 Å². The Kier molecular flexibility index (Phi) is 22.6. The van der Waals surface area contributed by atoms with Crippen LogP contribution in [0.2, 0.25) is 0 Å². The van der Waals surface area contributed by atoms with E-state index in [1.165, 1.54) is 44.9 Å². The molecule has 0 amide bonds. The second-order valence-corrected chi connectivity index (χ2v) is 5.45. The maximum Gasteiger partial charge on any atom is 0.305 e. The third kappa shape index (κ3) is 22.6. The van der Waals surface area contributed by atoms with Gasteiger partial charge in [-0.3, -0.25) is 4.79 Å². The van der Waals surface area contributed by atoms with Crippen molar-refractivity contribution in [3.63, 3.8) is 0 Å². The summed E-state index contributed by atoms with van der Waals surface area (Å²) >= 11 is 0. The van der Waals surface area contributed by atoms with Crippen LogP contribution in [0, 0.1) is 0 Å². The first kappa shape index (κ1) is 21.8. The number of hydrogen-bond donors (Lipinski definition) is 0. The normalized spacial score (nSPS) is 9.80. The highest BCUT2D eigenvalue weighted by Crippen LogP contribution is 2.03. The van der Waals surface area contributed by atoms with Crippen LogP contribution in [0.15, 0.2) is 0 Å². The highest BCUT2D eigenvalue weighted by Gasteiger charge is 2.00. The molecule has 20 heavy (non-hydrogen) atoms. The lowest BCUT2D eigenvalue weighted by molar-refractivity contribution is -0.143. The average Bonchev–Trinajstić information content (AvgIpc) is 2.46. The summed E-state index contributed by atoms with van der Waals surface area (Å²) in [5, 5.41) is 0. The van der Waals surface area contributed by atoms with E-state index in [0.717, 1.165) is 25.7 Å². The van der Waals surface area contributed by atoms with E-state index in [1.54, 1.807) is 0 Å². The van der Waals surface area contributed by atoms with E-state index in [4.69, 9.17) is 4.74 Å². The molecule has 0 atom stereocenters. The molecule has 0 aromatic heterocycles. The first-order chi connectivity index (χ1) is 9.72. The van der Waals surface area contributed by atoms with Crippen LogP contribution in [-0.2, 0) is 9.53 Å². The molecule has 0 spiro atoms. The molecule has 0 saturated heterocycles. The van der Waals surface area contributed by atoms with Gasteiger partial charge < -0.3 is 4.74 Å². The van der Waals surface area contributed by atoms with E-state index < -0.39 is 0 Å². The van der Waals surface area contributed by atoms with Crippen molar-refractivity contribution in [2.24, 2.45) is 0 Å². The molecule has 0 aliphatic rings. The standard InChI is InChI=1S/C12H24O2.C6H14/c1-3-5-7-9-11-14-12(13)10-8-6-4-2;1-3-5-6-4-2/h3-11H2,1-2H3;3-6H2,1-2H3. The summed E-state index contributed by atoms with van der Waals surface area (Å²) in [4.78, 5) is 11.1. The van der Waals surface area contributed by atoms with Crippen molar-refractivity contribution < 1.29 is 9.53 Å². The summed E-state index contributed by atoms with van der Waals surface area (Å²) < 4.78 is 5.10. The minimum absolute atomic E-state index is 0.0186. The number of carbonyl (C=O) groups excluding carboxylic acids is 1. The van der Waals surface area contributed by atoms with E-state index in [-0.39, 0.29) is 5.97 Å². The fourth-order valence-electron chi connectivity index (χ4n) is 1.81. The van der Waals surface area contributed by atoms with Gasteiger partial charge in [0.15, 0.2) is 0 Å². The summed E-state index contributed by atoms with van der Waals surface area (Å²) in [6.07, 6.45) is 14.1. The Morgan fingerprint density at radius 2 is 1.10 bits per heavy atom. The van der Waals surface area contributed by atoms with Gasteiger partial charge in [0.25, 0.3) is 0 Å². The largest absolute Gasteiger partial charge is 0.466 e. The second kappa shape index (κ2) is 20.8. The van der Waals surface area contributed by atoms with Crippen LogP contribution in [0.1, 0.15) is 105 Å². The first-order valence-corrected chi connectivity index (χ1v) is 8.88. The van der Waals surface area contributed by atoms with Crippen LogP contribution in [0.5, 0.6) is 0 Å². The van der Waals surface area contributed by atoms with Gasteiger partial charge in [0.2, 0.25) is 0 Å². The average molecular weight is 286 g/mol. The Morgan fingerprint density at radius 1 is 0.650 bits per heavy atom. The molecule has 122 valence electrons. The van der Waals surface area contributed by atoms with Crippen molar-refractivity contribution in [3.8, 4) is 0 Å². The summed E-state index contributed by atoms with van der Waals surface area (Å²) in [5.41, 5.74) is 0.